The van der Waals surface area contributed by atoms with Crippen LogP contribution in [0.4, 0.5) is 19.4 Å². The van der Waals surface area contributed by atoms with Crippen molar-refractivity contribution in [3.8, 4) is 11.3 Å². The van der Waals surface area contributed by atoms with Gasteiger partial charge in [0.05, 0.1) is 24.0 Å². The third-order valence-electron chi connectivity index (χ3n) is 4.61. The van der Waals surface area contributed by atoms with Crippen LogP contribution in [0.15, 0.2) is 32.6 Å². The van der Waals surface area contributed by atoms with Crippen LogP contribution in [0.3, 0.4) is 0 Å². The van der Waals surface area contributed by atoms with Gasteiger partial charge in [-0.1, -0.05) is 0 Å². The predicted molar refractivity (Wildman–Crippen MR) is 104 cm³/mol. The van der Waals surface area contributed by atoms with Gasteiger partial charge in [-0.2, -0.15) is 0 Å². The molecule has 164 valence electrons. The summed E-state index contributed by atoms with van der Waals surface area (Å²) in [7, 11) is 0. The number of furan rings is 1. The summed E-state index contributed by atoms with van der Waals surface area (Å²) in [4.78, 5) is 48.7. The highest BCUT2D eigenvalue weighted by Crippen LogP contribution is 2.36. The molecule has 0 radical (unpaired) electrons. The second-order valence-electron chi connectivity index (χ2n) is 7.35. The highest BCUT2D eigenvalue weighted by molar-refractivity contribution is 5.89. The van der Waals surface area contributed by atoms with Crippen LogP contribution in [-0.4, -0.2) is 57.2 Å². The molecule has 1 aliphatic heterocycles. The zero-order valence-electron chi connectivity index (χ0n) is 16.4. The number of carbonyl (C=O) groups excluding carboxylic acids is 1. The Morgan fingerprint density at radius 1 is 1.39 bits per heavy atom. The van der Waals surface area contributed by atoms with Crippen molar-refractivity contribution in [3.63, 3.8) is 0 Å². The molecule has 1 saturated heterocycles. The van der Waals surface area contributed by atoms with Gasteiger partial charge in [0.2, 0.25) is 5.71 Å². The van der Waals surface area contributed by atoms with Crippen LogP contribution in [0.25, 0.3) is 22.4 Å². The van der Waals surface area contributed by atoms with Gasteiger partial charge in [-0.05, 0) is 19.9 Å². The number of amides is 1. The Bertz CT molecular complexity index is 1250. The fourth-order valence-corrected chi connectivity index (χ4v) is 3.26. The number of rotatable bonds is 4. The summed E-state index contributed by atoms with van der Waals surface area (Å²) in [6, 6.07) is 1.16. The number of ether oxygens (including phenoxy) is 1. The minimum absolute atomic E-state index is 0.0295. The van der Waals surface area contributed by atoms with Crippen LogP contribution < -0.4 is 21.5 Å². The molecule has 3 aromatic heterocycles. The maximum absolute atomic E-state index is 14.5. The predicted octanol–water partition coefficient (Wildman–Crippen LogP) is 1.22. The number of alkyl carbamates (subject to hydrolysis) is 1. The molecule has 0 aromatic carbocycles. The van der Waals surface area contributed by atoms with Gasteiger partial charge in [-0.15, -0.1) is 0 Å². The number of halogens is 2. The Hall–Kier alpha value is -3.77. The molecule has 0 bridgehead atoms. The summed E-state index contributed by atoms with van der Waals surface area (Å²) in [5.41, 5.74) is -1.27. The molecule has 1 aliphatic rings. The smallest absolute Gasteiger partial charge is 0.407 e. The monoisotopic (exact) mass is 436 g/mol. The van der Waals surface area contributed by atoms with Gasteiger partial charge >= 0.3 is 17.7 Å². The van der Waals surface area contributed by atoms with E-state index < -0.39 is 35.9 Å². The molecule has 4 rings (SSSR count). The SMILES string of the molecule is CC(C)NC(=O)OC1CN(c2ncnc3oc(-c4c[nH]c(=O)[nH]c4=O)cc23)CC1(F)F. The van der Waals surface area contributed by atoms with Gasteiger partial charge in [-0.25, -0.2) is 28.3 Å². The number of fused-ring (bicyclic) bond motifs is 1. The van der Waals surface area contributed by atoms with E-state index >= 15 is 0 Å². The number of hydrogen-bond donors (Lipinski definition) is 3. The molecule has 0 spiro atoms. The first-order valence-corrected chi connectivity index (χ1v) is 9.31. The van der Waals surface area contributed by atoms with Crippen LogP contribution in [0, 0.1) is 0 Å². The van der Waals surface area contributed by atoms with Crippen LogP contribution in [-0.2, 0) is 4.74 Å². The van der Waals surface area contributed by atoms with Gasteiger partial charge in [0.1, 0.15) is 17.9 Å². The number of carbonyl (C=O) groups is 1. The molecule has 11 nitrogen and oxygen atoms in total. The Morgan fingerprint density at radius 2 is 2.16 bits per heavy atom. The van der Waals surface area contributed by atoms with Crippen molar-refractivity contribution >= 4 is 23.0 Å². The number of nitrogens with zero attached hydrogens (tertiary/aromatic N) is 3. The first-order chi connectivity index (χ1) is 14.6. The fourth-order valence-electron chi connectivity index (χ4n) is 3.26. The minimum Gasteiger partial charge on any atom is -0.438 e. The highest BCUT2D eigenvalue weighted by Gasteiger charge is 2.51. The third kappa shape index (κ3) is 3.98. The molecule has 3 N–H and O–H groups in total. The summed E-state index contributed by atoms with van der Waals surface area (Å²) in [5, 5.41) is 2.69. The van der Waals surface area contributed by atoms with Gasteiger partial charge in [-0.3, -0.25) is 9.78 Å². The molecule has 1 atom stereocenters. The second kappa shape index (κ2) is 7.49. The number of nitrogens with one attached hydrogen (secondary N) is 3. The van der Waals surface area contributed by atoms with Gasteiger partial charge < -0.3 is 24.4 Å². The van der Waals surface area contributed by atoms with E-state index in [9.17, 15) is 23.2 Å². The van der Waals surface area contributed by atoms with Crippen molar-refractivity contribution in [1.29, 1.82) is 0 Å². The zero-order valence-corrected chi connectivity index (χ0v) is 16.4. The quantitative estimate of drug-likeness (QED) is 0.553. The minimum atomic E-state index is -3.31. The maximum Gasteiger partial charge on any atom is 0.407 e. The summed E-state index contributed by atoms with van der Waals surface area (Å²) in [6.45, 7) is 2.33. The van der Waals surface area contributed by atoms with E-state index in [0.717, 1.165) is 6.33 Å². The van der Waals surface area contributed by atoms with Crippen LogP contribution >= 0.6 is 0 Å². The molecule has 31 heavy (non-hydrogen) atoms. The van der Waals surface area contributed by atoms with Crippen LogP contribution in [0.1, 0.15) is 13.8 Å². The molecular weight excluding hydrogens is 418 g/mol. The van der Waals surface area contributed by atoms with Crippen molar-refractivity contribution in [3.05, 3.63) is 39.4 Å². The summed E-state index contributed by atoms with van der Waals surface area (Å²) >= 11 is 0. The van der Waals surface area contributed by atoms with E-state index in [1.165, 1.54) is 17.2 Å². The van der Waals surface area contributed by atoms with Gasteiger partial charge in [0, 0.05) is 12.2 Å². The van der Waals surface area contributed by atoms with E-state index in [-0.39, 0.29) is 40.8 Å². The van der Waals surface area contributed by atoms with Crippen molar-refractivity contribution in [2.45, 2.75) is 31.9 Å². The highest BCUT2D eigenvalue weighted by atomic mass is 19.3. The molecule has 13 heteroatoms. The molecule has 1 amide bonds. The molecule has 0 aliphatic carbocycles. The number of hydrogen-bond acceptors (Lipinski definition) is 8. The first-order valence-electron chi connectivity index (χ1n) is 9.31. The maximum atomic E-state index is 14.5. The normalized spacial score (nSPS) is 18.0. The van der Waals surface area contributed by atoms with E-state index in [1.54, 1.807) is 13.8 Å². The lowest BCUT2D eigenvalue weighted by molar-refractivity contribution is -0.0765. The number of alkyl halides is 2. The first kappa shape index (κ1) is 20.5. The molecular formula is C18H18F2N6O5. The van der Waals surface area contributed by atoms with E-state index in [4.69, 9.17) is 9.15 Å². The van der Waals surface area contributed by atoms with Crippen molar-refractivity contribution in [1.82, 2.24) is 25.3 Å². The average molecular weight is 436 g/mol. The Labute approximate surface area is 172 Å². The number of anilines is 1. The number of H-pyrrole nitrogens is 2. The zero-order chi connectivity index (χ0) is 22.3. The number of aromatic amines is 2. The molecule has 0 saturated carbocycles. The lowest BCUT2D eigenvalue weighted by Crippen LogP contribution is -2.40. The Kier molecular flexibility index (Phi) is 4.95. The molecule has 1 unspecified atom stereocenters. The van der Waals surface area contributed by atoms with Crippen LogP contribution in [0.2, 0.25) is 0 Å². The summed E-state index contributed by atoms with van der Waals surface area (Å²) < 4.78 is 39.5. The van der Waals surface area contributed by atoms with Gasteiger partial charge in [0.15, 0.2) is 6.10 Å². The van der Waals surface area contributed by atoms with Crippen LogP contribution in [0.5, 0.6) is 0 Å². The molecule has 3 aromatic rings. The number of aromatic nitrogens is 4. The Balaban J connectivity index is 1.65. The van der Waals surface area contributed by atoms with E-state index in [2.05, 4.69) is 25.3 Å². The summed E-state index contributed by atoms with van der Waals surface area (Å²) in [6.07, 6.45) is -0.297. The standard InChI is InChI=1S/C18H18F2N6O5/c1-8(2)24-17(29)31-12-5-26(6-18(12,19)20)13-9-3-11(30-15(9)23-7-22-13)10-4-21-16(28)25-14(10)27/h3-4,7-8,12H,5-6H2,1-2H3,(H,24,29)(H2,21,25,27,28). The molecule has 4 heterocycles. The molecule has 1 fully saturated rings. The topological polar surface area (TPSA) is 146 Å². The lowest BCUT2D eigenvalue weighted by atomic mass is 10.2. The van der Waals surface area contributed by atoms with Crippen molar-refractivity contribution in [2.75, 3.05) is 18.0 Å². The van der Waals surface area contributed by atoms with E-state index in [1.807, 2.05) is 0 Å². The van der Waals surface area contributed by atoms with E-state index in [0.29, 0.717) is 0 Å². The van der Waals surface area contributed by atoms with Gasteiger partial charge in [0.25, 0.3) is 5.56 Å². The lowest BCUT2D eigenvalue weighted by Gasteiger charge is -2.18. The largest absolute Gasteiger partial charge is 0.438 e. The summed E-state index contributed by atoms with van der Waals surface area (Å²) in [5.74, 6) is -3.10. The fraction of sp³-hybridized carbons (Fsp3) is 0.389. The Morgan fingerprint density at radius 3 is 2.87 bits per heavy atom. The second-order valence-corrected chi connectivity index (χ2v) is 7.35. The average Bonchev–Trinajstić information content (AvgIpc) is 3.21. The van der Waals surface area contributed by atoms with Crippen molar-refractivity contribution in [2.24, 2.45) is 0 Å². The van der Waals surface area contributed by atoms with Crippen molar-refractivity contribution < 1.29 is 22.7 Å². The third-order valence-corrected chi connectivity index (χ3v) is 4.61.